The number of aromatic nitrogens is 3. The van der Waals surface area contributed by atoms with Crippen LogP contribution in [-0.4, -0.2) is 25.6 Å². The van der Waals surface area contributed by atoms with Crippen molar-refractivity contribution in [3.63, 3.8) is 0 Å². The minimum atomic E-state index is -0.765. The molecule has 6 heteroatoms. The molecular weight excluding hydrogens is 426 g/mol. The van der Waals surface area contributed by atoms with Crippen LogP contribution >= 0.6 is 0 Å². The van der Waals surface area contributed by atoms with Crippen LogP contribution in [-0.2, 0) is 17.9 Å². The lowest BCUT2D eigenvalue weighted by molar-refractivity contribution is -0.139. The molecule has 1 saturated carbocycles. The zero-order valence-electron chi connectivity index (χ0n) is 19.9. The van der Waals surface area contributed by atoms with E-state index in [9.17, 15) is 9.90 Å². The molecule has 2 aromatic carbocycles. The van der Waals surface area contributed by atoms with Gasteiger partial charge in [0.05, 0.1) is 22.6 Å². The third kappa shape index (κ3) is 3.94. The van der Waals surface area contributed by atoms with Gasteiger partial charge in [-0.2, -0.15) is 0 Å². The Bertz CT molecular complexity index is 1370. The van der Waals surface area contributed by atoms with Crippen molar-refractivity contribution in [1.82, 2.24) is 14.5 Å². The molecule has 0 aliphatic heterocycles. The molecule has 1 fully saturated rings. The molecule has 6 nitrogen and oxygen atoms in total. The van der Waals surface area contributed by atoms with Crippen LogP contribution < -0.4 is 4.74 Å². The maximum atomic E-state index is 11.9. The highest BCUT2D eigenvalue weighted by Crippen LogP contribution is 2.64. The van der Waals surface area contributed by atoms with Crippen LogP contribution in [0.1, 0.15) is 48.0 Å². The standard InChI is InChI=1S/C28H29N3O3/c1-17-9-10-20(29-14-17)16-34-21-11-12-22-23(13-21)31(15-19-8-6-5-7-18(19)2)26(30-22)24-25(27(32)33)28(24,3)4/h5-14,24-25H,15-16H2,1-4H3,(H,32,33)/t24-,25+/m1/s1. The molecule has 0 bridgehead atoms. The first-order valence-corrected chi connectivity index (χ1v) is 11.6. The number of nitrogens with zero attached hydrogens (tertiary/aromatic N) is 3. The molecule has 2 aromatic heterocycles. The third-order valence-electron chi connectivity index (χ3n) is 7.07. The van der Waals surface area contributed by atoms with E-state index in [0.717, 1.165) is 33.9 Å². The zero-order chi connectivity index (χ0) is 24.0. The highest BCUT2D eigenvalue weighted by molar-refractivity contribution is 5.81. The number of hydrogen-bond donors (Lipinski definition) is 1. The molecule has 1 N–H and O–H groups in total. The number of carbonyl (C=O) groups is 1. The summed E-state index contributed by atoms with van der Waals surface area (Å²) in [5, 5.41) is 9.80. The molecule has 2 atom stereocenters. The molecule has 174 valence electrons. The van der Waals surface area contributed by atoms with Crippen molar-refractivity contribution in [2.45, 2.75) is 46.8 Å². The van der Waals surface area contributed by atoms with Crippen LogP contribution in [0.2, 0.25) is 0 Å². The van der Waals surface area contributed by atoms with Gasteiger partial charge in [-0.1, -0.05) is 44.2 Å². The largest absolute Gasteiger partial charge is 0.487 e. The summed E-state index contributed by atoms with van der Waals surface area (Å²) >= 11 is 0. The first kappa shape index (κ1) is 22.1. The van der Waals surface area contributed by atoms with Gasteiger partial charge in [0.25, 0.3) is 0 Å². The predicted octanol–water partition coefficient (Wildman–Crippen LogP) is 5.50. The van der Waals surface area contributed by atoms with Crippen molar-refractivity contribution < 1.29 is 14.6 Å². The van der Waals surface area contributed by atoms with Crippen LogP contribution in [0.4, 0.5) is 0 Å². The SMILES string of the molecule is Cc1ccc(COc2ccc3nc([C@H]4[C@@H](C(=O)O)C4(C)C)n(Cc4ccccc4C)c3c2)nc1. The van der Waals surface area contributed by atoms with Crippen LogP contribution in [0.25, 0.3) is 11.0 Å². The average Bonchev–Trinajstić information content (AvgIpc) is 3.22. The fourth-order valence-corrected chi connectivity index (χ4v) is 4.89. The normalized spacial score (nSPS) is 18.7. The van der Waals surface area contributed by atoms with E-state index in [2.05, 4.69) is 28.6 Å². The number of rotatable bonds is 7. The van der Waals surface area contributed by atoms with E-state index >= 15 is 0 Å². The Morgan fingerprint density at radius 3 is 2.59 bits per heavy atom. The zero-order valence-corrected chi connectivity index (χ0v) is 19.9. The Labute approximate surface area is 199 Å². The van der Waals surface area contributed by atoms with Gasteiger partial charge in [-0.25, -0.2) is 4.98 Å². The van der Waals surface area contributed by atoms with Gasteiger partial charge in [0.1, 0.15) is 18.2 Å². The lowest BCUT2D eigenvalue weighted by atomic mass is 10.1. The second-order valence-corrected chi connectivity index (χ2v) is 9.86. The molecule has 0 saturated heterocycles. The summed E-state index contributed by atoms with van der Waals surface area (Å²) in [4.78, 5) is 21.3. The van der Waals surface area contributed by atoms with Crippen LogP contribution in [0.5, 0.6) is 5.75 Å². The highest BCUT2D eigenvalue weighted by atomic mass is 16.5. The van der Waals surface area contributed by atoms with E-state index in [-0.39, 0.29) is 11.3 Å². The van der Waals surface area contributed by atoms with Gasteiger partial charge in [0.2, 0.25) is 0 Å². The summed E-state index contributed by atoms with van der Waals surface area (Å²) < 4.78 is 8.23. The number of aryl methyl sites for hydroxylation is 2. The van der Waals surface area contributed by atoms with Crippen molar-refractivity contribution in [1.29, 1.82) is 0 Å². The monoisotopic (exact) mass is 455 g/mol. The van der Waals surface area contributed by atoms with Crippen LogP contribution in [0.15, 0.2) is 60.8 Å². The summed E-state index contributed by atoms with van der Waals surface area (Å²) in [6, 6.07) is 18.1. The van der Waals surface area contributed by atoms with Crippen LogP contribution in [0.3, 0.4) is 0 Å². The number of ether oxygens (including phenoxy) is 1. The molecule has 0 unspecified atom stereocenters. The van der Waals surface area contributed by atoms with Gasteiger partial charge in [-0.05, 0) is 54.2 Å². The van der Waals surface area contributed by atoms with Gasteiger partial charge >= 0.3 is 5.97 Å². The highest BCUT2D eigenvalue weighted by Gasteiger charge is 2.64. The molecule has 1 aliphatic rings. The third-order valence-corrected chi connectivity index (χ3v) is 7.07. The van der Waals surface area contributed by atoms with E-state index in [1.807, 2.05) is 69.4 Å². The molecular formula is C28H29N3O3. The van der Waals surface area contributed by atoms with Crippen molar-refractivity contribution in [3.8, 4) is 5.75 Å². The summed E-state index contributed by atoms with van der Waals surface area (Å²) in [6.07, 6.45) is 1.84. The number of fused-ring (bicyclic) bond motifs is 1. The Hall–Kier alpha value is -3.67. The van der Waals surface area contributed by atoms with Crippen molar-refractivity contribution >= 4 is 17.0 Å². The lowest BCUT2D eigenvalue weighted by Crippen LogP contribution is -2.08. The van der Waals surface area contributed by atoms with E-state index in [1.165, 1.54) is 11.1 Å². The van der Waals surface area contributed by atoms with Crippen molar-refractivity contribution in [2.75, 3.05) is 0 Å². The van der Waals surface area contributed by atoms with E-state index in [0.29, 0.717) is 13.2 Å². The maximum absolute atomic E-state index is 11.9. The predicted molar refractivity (Wildman–Crippen MR) is 131 cm³/mol. The van der Waals surface area contributed by atoms with Gasteiger partial charge in [0.15, 0.2) is 0 Å². The average molecular weight is 456 g/mol. The van der Waals surface area contributed by atoms with Gasteiger partial charge in [0, 0.05) is 24.7 Å². The molecule has 0 amide bonds. The number of benzene rings is 2. The number of hydrogen-bond acceptors (Lipinski definition) is 4. The summed E-state index contributed by atoms with van der Waals surface area (Å²) in [5.41, 5.74) is 5.80. The second kappa shape index (κ2) is 8.28. The molecule has 1 aliphatic carbocycles. The number of carboxylic acids is 1. The molecule has 4 aromatic rings. The Balaban J connectivity index is 1.54. The molecule has 34 heavy (non-hydrogen) atoms. The first-order valence-electron chi connectivity index (χ1n) is 11.6. The fraction of sp³-hybridized carbons (Fsp3) is 0.321. The summed E-state index contributed by atoms with van der Waals surface area (Å²) in [7, 11) is 0. The van der Waals surface area contributed by atoms with Crippen molar-refractivity contribution in [2.24, 2.45) is 11.3 Å². The maximum Gasteiger partial charge on any atom is 0.307 e. The van der Waals surface area contributed by atoms with E-state index < -0.39 is 11.9 Å². The first-order chi connectivity index (χ1) is 16.3. The van der Waals surface area contributed by atoms with Gasteiger partial charge in [-0.15, -0.1) is 0 Å². The topological polar surface area (TPSA) is 77.2 Å². The number of carboxylic acid groups (broad SMARTS) is 1. The number of pyridine rings is 1. The minimum absolute atomic E-state index is 0.137. The van der Waals surface area contributed by atoms with Crippen LogP contribution in [0, 0.1) is 25.2 Å². The van der Waals surface area contributed by atoms with Gasteiger partial charge < -0.3 is 14.4 Å². The minimum Gasteiger partial charge on any atom is -0.487 e. The molecule has 0 spiro atoms. The van der Waals surface area contributed by atoms with E-state index in [4.69, 9.17) is 9.72 Å². The fourth-order valence-electron chi connectivity index (χ4n) is 4.89. The smallest absolute Gasteiger partial charge is 0.307 e. The molecule has 5 rings (SSSR count). The summed E-state index contributed by atoms with van der Waals surface area (Å²) in [6.45, 7) is 9.13. The quantitative estimate of drug-likeness (QED) is 0.398. The van der Waals surface area contributed by atoms with Crippen molar-refractivity contribution in [3.05, 3.63) is 89.0 Å². The van der Waals surface area contributed by atoms with E-state index in [1.54, 1.807) is 0 Å². The summed E-state index contributed by atoms with van der Waals surface area (Å²) in [5.74, 6) is 0.218. The Kier molecular flexibility index (Phi) is 5.39. The van der Waals surface area contributed by atoms with Gasteiger partial charge in [-0.3, -0.25) is 9.78 Å². The lowest BCUT2D eigenvalue weighted by Gasteiger charge is -2.13. The molecule has 0 radical (unpaired) electrons. The Morgan fingerprint density at radius 1 is 1.12 bits per heavy atom. The number of imidazole rings is 1. The second-order valence-electron chi connectivity index (χ2n) is 9.86. The molecule has 2 heterocycles. The number of aliphatic carboxylic acids is 1. The Morgan fingerprint density at radius 2 is 1.91 bits per heavy atom.